The minimum Gasteiger partial charge on any atom is -0.508 e. The number of rotatable bonds is 5. The molecule has 0 heterocycles. The van der Waals surface area contributed by atoms with Gasteiger partial charge < -0.3 is 16.2 Å². The zero-order valence-corrected chi connectivity index (χ0v) is 20.3. The van der Waals surface area contributed by atoms with Crippen molar-refractivity contribution < 1.29 is 9.90 Å². The second kappa shape index (κ2) is 9.55. The van der Waals surface area contributed by atoms with Crippen molar-refractivity contribution in [2.75, 3.05) is 0 Å². The highest BCUT2D eigenvalue weighted by atomic mass is 16.3. The summed E-state index contributed by atoms with van der Waals surface area (Å²) in [5.74, 6) is 0.105. The number of fused-ring (bicyclic) bond motifs is 2. The largest absolute Gasteiger partial charge is 0.508 e. The van der Waals surface area contributed by atoms with E-state index in [9.17, 15) is 9.90 Å². The van der Waals surface area contributed by atoms with Crippen LogP contribution in [0, 0.1) is 13.8 Å². The van der Waals surface area contributed by atoms with Gasteiger partial charge in [-0.3, -0.25) is 4.79 Å². The van der Waals surface area contributed by atoms with E-state index in [0.717, 1.165) is 41.5 Å². The molecular weight excluding hydrogens is 432 g/mol. The number of carbonyl (C=O) groups excluding carboxylic acids is 1. The van der Waals surface area contributed by atoms with Gasteiger partial charge in [-0.2, -0.15) is 0 Å². The second-order valence-corrected chi connectivity index (χ2v) is 9.80. The molecule has 1 amide bonds. The molecule has 0 aliphatic heterocycles. The predicted octanol–water partition coefficient (Wildman–Crippen LogP) is 5.89. The lowest BCUT2D eigenvalue weighted by atomic mass is 9.85. The molecule has 0 fully saturated rings. The minimum atomic E-state index is -0.647. The molecule has 1 aliphatic carbocycles. The maximum atomic E-state index is 13.1. The Balaban J connectivity index is 1.37. The number of hydrogen-bond acceptors (Lipinski definition) is 3. The molecule has 2 atom stereocenters. The maximum absolute atomic E-state index is 13.1. The van der Waals surface area contributed by atoms with Crippen LogP contribution in [0.1, 0.15) is 46.7 Å². The molecule has 0 bridgehead atoms. The Bertz CT molecular complexity index is 1390. The molecule has 4 nitrogen and oxygen atoms in total. The Morgan fingerprint density at radius 2 is 1.66 bits per heavy atom. The molecule has 4 aromatic carbocycles. The van der Waals surface area contributed by atoms with Crippen molar-refractivity contribution in [1.29, 1.82) is 0 Å². The van der Waals surface area contributed by atoms with Gasteiger partial charge >= 0.3 is 0 Å². The van der Waals surface area contributed by atoms with Crippen LogP contribution < -0.4 is 11.1 Å². The molecule has 5 rings (SSSR count). The van der Waals surface area contributed by atoms with Crippen LogP contribution in [0.15, 0.2) is 72.8 Å². The lowest BCUT2D eigenvalue weighted by Gasteiger charge is -2.28. The summed E-state index contributed by atoms with van der Waals surface area (Å²) in [6.07, 6.45) is 3.42. The third kappa shape index (κ3) is 4.80. The van der Waals surface area contributed by atoms with E-state index in [-0.39, 0.29) is 17.7 Å². The second-order valence-electron chi connectivity index (χ2n) is 9.80. The van der Waals surface area contributed by atoms with Crippen LogP contribution in [0.5, 0.6) is 5.75 Å². The highest BCUT2D eigenvalue weighted by molar-refractivity contribution is 5.87. The lowest BCUT2D eigenvalue weighted by Crippen LogP contribution is -2.44. The average molecular weight is 465 g/mol. The van der Waals surface area contributed by atoms with Gasteiger partial charge in [0.1, 0.15) is 5.75 Å². The molecule has 4 N–H and O–H groups in total. The molecule has 4 heteroatoms. The van der Waals surface area contributed by atoms with Crippen LogP contribution in [-0.2, 0) is 17.6 Å². The first-order valence-corrected chi connectivity index (χ1v) is 12.4. The van der Waals surface area contributed by atoms with Gasteiger partial charge in [-0.25, -0.2) is 0 Å². The summed E-state index contributed by atoms with van der Waals surface area (Å²) < 4.78 is 0. The van der Waals surface area contributed by atoms with E-state index in [1.807, 2.05) is 13.8 Å². The van der Waals surface area contributed by atoms with Gasteiger partial charge in [0.25, 0.3) is 0 Å². The highest BCUT2D eigenvalue weighted by Gasteiger charge is 2.25. The normalized spacial score (nSPS) is 16.0. The molecule has 0 spiro atoms. The lowest BCUT2D eigenvalue weighted by molar-refractivity contribution is -0.123. The van der Waals surface area contributed by atoms with Crippen molar-refractivity contribution in [3.05, 3.63) is 101 Å². The molecule has 0 aromatic heterocycles. The van der Waals surface area contributed by atoms with Gasteiger partial charge in [-0.1, -0.05) is 48.5 Å². The summed E-state index contributed by atoms with van der Waals surface area (Å²) in [4.78, 5) is 13.1. The number of amides is 1. The fourth-order valence-corrected chi connectivity index (χ4v) is 5.38. The number of aryl methyl sites for hydroxylation is 3. The van der Waals surface area contributed by atoms with Crippen molar-refractivity contribution in [1.82, 2.24) is 5.32 Å². The Morgan fingerprint density at radius 3 is 2.43 bits per heavy atom. The van der Waals surface area contributed by atoms with Gasteiger partial charge in [0.05, 0.1) is 12.1 Å². The standard InChI is InChI=1S/C31H32N2O2/c1-19-14-26(34)15-20(2)27(19)18-29(32)31(35)33-30-9-5-8-22-11-13-25(17-28(22)30)24-12-10-21-6-3-4-7-23(21)16-24/h3-4,6-7,10-17,29-30,34H,5,8-9,18,32H2,1-2H3,(H,33,35)/t29-,30+/m0/s1. The minimum absolute atomic E-state index is 0.0419. The summed E-state index contributed by atoms with van der Waals surface area (Å²) in [5.41, 5.74) is 14.1. The van der Waals surface area contributed by atoms with E-state index < -0.39 is 6.04 Å². The van der Waals surface area contributed by atoms with E-state index in [4.69, 9.17) is 5.73 Å². The number of nitrogens with two attached hydrogens (primary N) is 1. The molecule has 0 radical (unpaired) electrons. The van der Waals surface area contributed by atoms with E-state index in [0.29, 0.717) is 6.42 Å². The molecule has 0 saturated heterocycles. The highest BCUT2D eigenvalue weighted by Crippen LogP contribution is 2.34. The number of aromatic hydroxyl groups is 1. The summed E-state index contributed by atoms with van der Waals surface area (Å²) in [7, 11) is 0. The Morgan fingerprint density at radius 1 is 0.971 bits per heavy atom. The number of hydrogen-bond donors (Lipinski definition) is 3. The van der Waals surface area contributed by atoms with Crippen molar-refractivity contribution in [3.63, 3.8) is 0 Å². The third-order valence-electron chi connectivity index (χ3n) is 7.30. The van der Waals surface area contributed by atoms with Gasteiger partial charge in [0.15, 0.2) is 0 Å². The van der Waals surface area contributed by atoms with Crippen molar-refractivity contribution >= 4 is 16.7 Å². The molecular formula is C31H32N2O2. The van der Waals surface area contributed by atoms with Crippen molar-refractivity contribution in [2.24, 2.45) is 5.73 Å². The number of nitrogens with one attached hydrogen (secondary N) is 1. The number of phenolic OH excluding ortho intramolecular Hbond substituents is 1. The number of phenols is 1. The van der Waals surface area contributed by atoms with Crippen LogP contribution in [0.3, 0.4) is 0 Å². The smallest absolute Gasteiger partial charge is 0.237 e. The van der Waals surface area contributed by atoms with Crippen LogP contribution in [0.2, 0.25) is 0 Å². The summed E-state index contributed by atoms with van der Waals surface area (Å²) in [6.45, 7) is 3.89. The maximum Gasteiger partial charge on any atom is 0.237 e. The van der Waals surface area contributed by atoms with Gasteiger partial charge in [-0.15, -0.1) is 0 Å². The van der Waals surface area contributed by atoms with Crippen LogP contribution >= 0.6 is 0 Å². The predicted molar refractivity (Wildman–Crippen MR) is 142 cm³/mol. The van der Waals surface area contributed by atoms with Crippen molar-refractivity contribution in [2.45, 2.75) is 51.6 Å². The van der Waals surface area contributed by atoms with E-state index >= 15 is 0 Å². The fraction of sp³-hybridized carbons (Fsp3) is 0.258. The Kier molecular flexibility index (Phi) is 6.31. The molecule has 0 unspecified atom stereocenters. The summed E-state index contributed by atoms with van der Waals surface area (Å²) in [5, 5.41) is 15.5. The van der Waals surface area contributed by atoms with E-state index in [1.165, 1.54) is 27.5 Å². The first-order chi connectivity index (χ1) is 16.9. The molecule has 1 aliphatic rings. The zero-order chi connectivity index (χ0) is 24.5. The summed E-state index contributed by atoms with van der Waals surface area (Å²) >= 11 is 0. The Hall–Kier alpha value is -3.63. The van der Waals surface area contributed by atoms with Gasteiger partial charge in [0, 0.05) is 0 Å². The molecule has 0 saturated carbocycles. The first-order valence-electron chi connectivity index (χ1n) is 12.4. The zero-order valence-electron chi connectivity index (χ0n) is 20.3. The van der Waals surface area contributed by atoms with Crippen LogP contribution in [0.25, 0.3) is 21.9 Å². The van der Waals surface area contributed by atoms with Crippen LogP contribution in [-0.4, -0.2) is 17.1 Å². The quantitative estimate of drug-likeness (QED) is 0.345. The van der Waals surface area contributed by atoms with E-state index in [1.54, 1.807) is 12.1 Å². The Labute approximate surface area is 206 Å². The first kappa shape index (κ1) is 23.1. The molecule has 35 heavy (non-hydrogen) atoms. The number of benzene rings is 4. The van der Waals surface area contributed by atoms with E-state index in [2.05, 4.69) is 66.0 Å². The van der Waals surface area contributed by atoms with Gasteiger partial charge in [0.2, 0.25) is 5.91 Å². The van der Waals surface area contributed by atoms with Crippen molar-refractivity contribution in [3.8, 4) is 16.9 Å². The topological polar surface area (TPSA) is 75.3 Å². The third-order valence-corrected chi connectivity index (χ3v) is 7.30. The monoisotopic (exact) mass is 464 g/mol. The van der Waals surface area contributed by atoms with Gasteiger partial charge in [-0.05, 0) is 114 Å². The SMILES string of the molecule is Cc1cc(O)cc(C)c1C[C@H](N)C(=O)N[C@@H]1CCCc2ccc(-c3ccc4ccccc4c3)cc21. The molecule has 178 valence electrons. The average Bonchev–Trinajstić information content (AvgIpc) is 2.85. The van der Waals surface area contributed by atoms with Crippen LogP contribution in [0.4, 0.5) is 0 Å². The number of carbonyl (C=O) groups is 1. The molecule has 4 aromatic rings. The summed E-state index contributed by atoms with van der Waals surface area (Å²) in [6, 6.07) is 24.3. The fourth-order valence-electron chi connectivity index (χ4n) is 5.38.